The number of thioether (sulfide) groups is 1. The van der Waals surface area contributed by atoms with Crippen LogP contribution in [0.4, 0.5) is 10.1 Å². The molecule has 0 aliphatic carbocycles. The van der Waals surface area contributed by atoms with E-state index >= 15 is 0 Å². The molecule has 3 aromatic rings. The zero-order valence-corrected chi connectivity index (χ0v) is 17.8. The molecule has 1 amide bonds. The van der Waals surface area contributed by atoms with Gasteiger partial charge in [0.2, 0.25) is 0 Å². The first kappa shape index (κ1) is 19.7. The van der Waals surface area contributed by atoms with Gasteiger partial charge in [0.25, 0.3) is 5.91 Å². The van der Waals surface area contributed by atoms with Gasteiger partial charge in [-0.3, -0.25) is 9.69 Å². The number of hydrogen-bond donors (Lipinski definition) is 0. The normalized spacial score (nSPS) is 16.9. The van der Waals surface area contributed by atoms with Crippen molar-refractivity contribution in [1.29, 1.82) is 0 Å². The van der Waals surface area contributed by atoms with Gasteiger partial charge in [0.15, 0.2) is 5.17 Å². The van der Waals surface area contributed by atoms with E-state index in [1.807, 2.05) is 31.2 Å². The highest BCUT2D eigenvalue weighted by atomic mass is 79.9. The van der Waals surface area contributed by atoms with E-state index in [0.29, 0.717) is 33.7 Å². The molecule has 0 bridgehead atoms. The predicted octanol–water partition coefficient (Wildman–Crippen LogP) is 6.47. The third-order valence-corrected chi connectivity index (χ3v) is 5.80. The van der Waals surface area contributed by atoms with E-state index in [1.165, 1.54) is 23.9 Å². The van der Waals surface area contributed by atoms with E-state index in [2.05, 4.69) is 20.9 Å². The topological polar surface area (TPSA) is 45.8 Å². The minimum Gasteiger partial charge on any atom is -0.457 e. The summed E-state index contributed by atoms with van der Waals surface area (Å²) in [6.07, 6.45) is 1.70. The largest absolute Gasteiger partial charge is 0.457 e. The molecule has 1 aliphatic rings. The van der Waals surface area contributed by atoms with Crippen LogP contribution in [0.15, 0.2) is 79.5 Å². The first-order chi connectivity index (χ1) is 14.0. The molecule has 7 heteroatoms. The standard InChI is InChI=1S/C22H16BrFN2O2S/c1-2-26-21(27)20(29-22(26)25-17-8-6-15(23)7-9-17)13-18-10-11-19(28-18)14-4-3-5-16(24)12-14/h3-13H,2H2,1H3/b20-13-,25-22?. The Balaban J connectivity index is 1.61. The Bertz CT molecular complexity index is 1120. The predicted molar refractivity (Wildman–Crippen MR) is 118 cm³/mol. The van der Waals surface area contributed by atoms with E-state index in [1.54, 1.807) is 35.2 Å². The zero-order chi connectivity index (χ0) is 20.4. The third-order valence-electron chi connectivity index (χ3n) is 4.26. The van der Waals surface area contributed by atoms with Crippen molar-refractivity contribution in [2.45, 2.75) is 6.92 Å². The summed E-state index contributed by atoms with van der Waals surface area (Å²) in [7, 11) is 0. The van der Waals surface area contributed by atoms with Gasteiger partial charge in [-0.15, -0.1) is 0 Å². The average Bonchev–Trinajstić information content (AvgIpc) is 3.29. The van der Waals surface area contributed by atoms with Crippen LogP contribution in [0.5, 0.6) is 0 Å². The number of nitrogens with zero attached hydrogens (tertiary/aromatic N) is 2. The Morgan fingerprint density at radius 2 is 1.97 bits per heavy atom. The number of benzene rings is 2. The number of aliphatic imine (C=N–C) groups is 1. The Hall–Kier alpha value is -2.64. The summed E-state index contributed by atoms with van der Waals surface area (Å²) in [4.78, 5) is 19.5. The fourth-order valence-electron chi connectivity index (χ4n) is 2.85. The highest BCUT2D eigenvalue weighted by molar-refractivity contribution is 9.10. The van der Waals surface area contributed by atoms with E-state index in [4.69, 9.17) is 4.42 Å². The number of halogens is 2. The van der Waals surface area contributed by atoms with Gasteiger partial charge in [0.05, 0.1) is 10.6 Å². The highest BCUT2D eigenvalue weighted by Crippen LogP contribution is 2.35. The van der Waals surface area contributed by atoms with Crippen molar-refractivity contribution in [3.8, 4) is 11.3 Å². The monoisotopic (exact) mass is 470 g/mol. The maximum Gasteiger partial charge on any atom is 0.266 e. The van der Waals surface area contributed by atoms with E-state index in [9.17, 15) is 9.18 Å². The third kappa shape index (κ3) is 4.36. The van der Waals surface area contributed by atoms with Gasteiger partial charge in [0, 0.05) is 22.7 Å². The summed E-state index contributed by atoms with van der Waals surface area (Å²) in [5, 5.41) is 0.628. The minimum atomic E-state index is -0.326. The lowest BCUT2D eigenvalue weighted by molar-refractivity contribution is -0.122. The second-order valence-electron chi connectivity index (χ2n) is 6.24. The smallest absolute Gasteiger partial charge is 0.266 e. The fraction of sp³-hybridized carbons (Fsp3) is 0.0909. The molecule has 0 atom stereocenters. The molecular weight excluding hydrogens is 455 g/mol. The van der Waals surface area contributed by atoms with Crippen LogP contribution in [0.1, 0.15) is 12.7 Å². The fourth-order valence-corrected chi connectivity index (χ4v) is 4.16. The number of amides is 1. The average molecular weight is 471 g/mol. The Morgan fingerprint density at radius 1 is 1.17 bits per heavy atom. The Labute approximate surface area is 180 Å². The summed E-state index contributed by atoms with van der Waals surface area (Å²) >= 11 is 4.71. The molecular formula is C22H16BrFN2O2S. The van der Waals surface area contributed by atoms with Gasteiger partial charge in [-0.1, -0.05) is 28.1 Å². The number of rotatable bonds is 4. The van der Waals surface area contributed by atoms with Crippen molar-refractivity contribution in [3.63, 3.8) is 0 Å². The molecule has 4 rings (SSSR count). The second-order valence-corrected chi connectivity index (χ2v) is 8.17. The van der Waals surface area contributed by atoms with Gasteiger partial charge in [-0.25, -0.2) is 9.38 Å². The van der Waals surface area contributed by atoms with E-state index in [-0.39, 0.29) is 11.7 Å². The number of carbonyl (C=O) groups is 1. The molecule has 0 radical (unpaired) electrons. The van der Waals surface area contributed by atoms with Gasteiger partial charge in [0.1, 0.15) is 17.3 Å². The number of furan rings is 1. The molecule has 0 spiro atoms. The quantitative estimate of drug-likeness (QED) is 0.410. The maximum absolute atomic E-state index is 13.4. The maximum atomic E-state index is 13.4. The Morgan fingerprint density at radius 3 is 2.69 bits per heavy atom. The highest BCUT2D eigenvalue weighted by Gasteiger charge is 2.32. The second kappa shape index (κ2) is 8.39. The van der Waals surface area contributed by atoms with Gasteiger partial charge in [-0.2, -0.15) is 0 Å². The zero-order valence-electron chi connectivity index (χ0n) is 15.4. The summed E-state index contributed by atoms with van der Waals surface area (Å²) < 4.78 is 20.2. The van der Waals surface area contributed by atoms with E-state index in [0.717, 1.165) is 10.2 Å². The molecule has 1 saturated heterocycles. The van der Waals surface area contributed by atoms with Crippen LogP contribution >= 0.6 is 27.7 Å². The minimum absolute atomic E-state index is 0.114. The van der Waals surface area contributed by atoms with Crippen LogP contribution in [0.3, 0.4) is 0 Å². The van der Waals surface area contributed by atoms with Crippen molar-refractivity contribution in [3.05, 3.63) is 81.6 Å². The number of likely N-dealkylation sites (N-methyl/N-ethyl adjacent to an activating group) is 1. The van der Waals surface area contributed by atoms with Crippen LogP contribution < -0.4 is 0 Å². The molecule has 4 nitrogen and oxygen atoms in total. The first-order valence-corrected chi connectivity index (χ1v) is 10.6. The summed E-state index contributed by atoms with van der Waals surface area (Å²) in [6.45, 7) is 2.43. The lowest BCUT2D eigenvalue weighted by Gasteiger charge is -2.11. The SMILES string of the molecule is CCN1C(=O)/C(=C/c2ccc(-c3cccc(F)c3)o2)SC1=Nc1ccc(Br)cc1. The van der Waals surface area contributed by atoms with Crippen LogP contribution in [0, 0.1) is 5.82 Å². The molecule has 0 unspecified atom stereocenters. The molecule has 1 aromatic heterocycles. The summed E-state index contributed by atoms with van der Waals surface area (Å²) in [5.41, 5.74) is 1.42. The van der Waals surface area contributed by atoms with Crippen LogP contribution in [-0.2, 0) is 4.79 Å². The van der Waals surface area contributed by atoms with Crippen molar-refractivity contribution >= 4 is 50.5 Å². The van der Waals surface area contributed by atoms with Crippen molar-refractivity contribution < 1.29 is 13.6 Å². The van der Waals surface area contributed by atoms with Crippen LogP contribution in [0.25, 0.3) is 17.4 Å². The molecule has 29 heavy (non-hydrogen) atoms. The van der Waals surface area contributed by atoms with Gasteiger partial charge < -0.3 is 4.42 Å². The Kier molecular flexibility index (Phi) is 5.69. The van der Waals surface area contributed by atoms with Gasteiger partial charge in [-0.05, 0) is 67.2 Å². The summed E-state index contributed by atoms with van der Waals surface area (Å²) in [6, 6.07) is 17.3. The van der Waals surface area contributed by atoms with Crippen molar-refractivity contribution in [1.82, 2.24) is 4.90 Å². The number of hydrogen-bond acceptors (Lipinski definition) is 4. The van der Waals surface area contributed by atoms with Crippen LogP contribution in [0.2, 0.25) is 0 Å². The lowest BCUT2D eigenvalue weighted by Crippen LogP contribution is -2.28. The summed E-state index contributed by atoms with van der Waals surface area (Å²) in [5.74, 6) is 0.633. The molecule has 2 heterocycles. The molecule has 0 N–H and O–H groups in total. The molecule has 0 saturated carbocycles. The first-order valence-electron chi connectivity index (χ1n) is 8.95. The van der Waals surface area contributed by atoms with Crippen LogP contribution in [-0.4, -0.2) is 22.5 Å². The molecule has 146 valence electrons. The lowest BCUT2D eigenvalue weighted by atomic mass is 10.2. The molecule has 1 fully saturated rings. The molecule has 1 aliphatic heterocycles. The molecule has 2 aromatic carbocycles. The van der Waals surface area contributed by atoms with Crippen molar-refractivity contribution in [2.75, 3.05) is 6.54 Å². The number of carbonyl (C=O) groups excluding carboxylic acids is 1. The van der Waals surface area contributed by atoms with Crippen molar-refractivity contribution in [2.24, 2.45) is 4.99 Å². The number of amidine groups is 1. The van der Waals surface area contributed by atoms with E-state index < -0.39 is 0 Å². The van der Waals surface area contributed by atoms with Gasteiger partial charge >= 0.3 is 0 Å².